The van der Waals surface area contributed by atoms with Gasteiger partial charge in [0.25, 0.3) is 0 Å². The second-order valence-corrected chi connectivity index (χ2v) is 5.39. The highest BCUT2D eigenvalue weighted by Crippen LogP contribution is 2.38. The average molecular weight is 332 g/mol. The predicted octanol–water partition coefficient (Wildman–Crippen LogP) is 3.60. The highest BCUT2D eigenvalue weighted by Gasteiger charge is 2.13. The van der Waals surface area contributed by atoms with Crippen LogP contribution in [0.15, 0.2) is 30.3 Å². The van der Waals surface area contributed by atoms with Crippen LogP contribution in [0.5, 0.6) is 28.7 Å². The Balaban J connectivity index is 2.06. The molecular formula is C19H24O5. The molecule has 0 atom stereocenters. The largest absolute Gasteiger partial charge is 0.504 e. The second-order valence-electron chi connectivity index (χ2n) is 5.39. The summed E-state index contributed by atoms with van der Waals surface area (Å²) in [6.45, 7) is 0. The molecule has 2 aromatic rings. The molecule has 2 aromatic carbocycles. The third-order valence-corrected chi connectivity index (χ3v) is 3.90. The summed E-state index contributed by atoms with van der Waals surface area (Å²) in [5, 5.41) is 9.64. The summed E-state index contributed by atoms with van der Waals surface area (Å²) in [6, 6.07) is 9.38. The van der Waals surface area contributed by atoms with Crippen molar-refractivity contribution >= 4 is 0 Å². The minimum Gasteiger partial charge on any atom is -0.504 e. The normalized spacial score (nSPS) is 10.3. The van der Waals surface area contributed by atoms with Crippen LogP contribution >= 0.6 is 0 Å². The fourth-order valence-electron chi connectivity index (χ4n) is 2.65. The quantitative estimate of drug-likeness (QED) is 0.800. The molecule has 0 heterocycles. The van der Waals surface area contributed by atoms with E-state index in [4.69, 9.17) is 18.9 Å². The minimum atomic E-state index is 0.158. The third kappa shape index (κ3) is 4.04. The molecule has 1 N–H and O–H groups in total. The molecule has 0 bridgehead atoms. The Bertz CT molecular complexity index is 656. The molecule has 0 aliphatic carbocycles. The number of aryl methyl sites for hydroxylation is 2. The van der Waals surface area contributed by atoms with E-state index in [0.717, 1.165) is 30.4 Å². The Morgan fingerprint density at radius 1 is 0.708 bits per heavy atom. The first-order valence-corrected chi connectivity index (χ1v) is 7.77. The molecule has 0 aromatic heterocycles. The molecule has 5 heteroatoms. The van der Waals surface area contributed by atoms with Crippen LogP contribution in [0.25, 0.3) is 0 Å². The Morgan fingerprint density at radius 2 is 1.25 bits per heavy atom. The van der Waals surface area contributed by atoms with Gasteiger partial charge in [-0.25, -0.2) is 0 Å². The van der Waals surface area contributed by atoms with Crippen LogP contribution < -0.4 is 18.9 Å². The zero-order chi connectivity index (χ0) is 17.5. The summed E-state index contributed by atoms with van der Waals surface area (Å²) < 4.78 is 21.2. The highest BCUT2D eigenvalue weighted by molar-refractivity contribution is 5.53. The highest BCUT2D eigenvalue weighted by atomic mass is 16.5. The van der Waals surface area contributed by atoms with Crippen molar-refractivity contribution in [3.63, 3.8) is 0 Å². The van der Waals surface area contributed by atoms with Gasteiger partial charge in [-0.15, -0.1) is 0 Å². The van der Waals surface area contributed by atoms with E-state index >= 15 is 0 Å². The first-order chi connectivity index (χ1) is 11.6. The van der Waals surface area contributed by atoms with Gasteiger partial charge in [-0.3, -0.25) is 0 Å². The Hall–Kier alpha value is -2.56. The van der Waals surface area contributed by atoms with Gasteiger partial charge < -0.3 is 24.1 Å². The maximum atomic E-state index is 9.64. The van der Waals surface area contributed by atoms with E-state index < -0.39 is 0 Å². The summed E-state index contributed by atoms with van der Waals surface area (Å²) in [7, 11) is 6.38. The zero-order valence-electron chi connectivity index (χ0n) is 14.6. The van der Waals surface area contributed by atoms with Crippen molar-refractivity contribution in [3.8, 4) is 28.7 Å². The van der Waals surface area contributed by atoms with Crippen molar-refractivity contribution in [1.29, 1.82) is 0 Å². The number of phenols is 1. The van der Waals surface area contributed by atoms with Gasteiger partial charge in [-0.05, 0) is 54.7 Å². The Labute approximate surface area is 142 Å². The molecule has 24 heavy (non-hydrogen) atoms. The number of methoxy groups -OCH3 is 4. The van der Waals surface area contributed by atoms with E-state index in [9.17, 15) is 5.11 Å². The zero-order valence-corrected chi connectivity index (χ0v) is 14.6. The van der Waals surface area contributed by atoms with Gasteiger partial charge in [0.05, 0.1) is 28.4 Å². The van der Waals surface area contributed by atoms with Gasteiger partial charge in [0, 0.05) is 0 Å². The van der Waals surface area contributed by atoms with Crippen molar-refractivity contribution in [1.82, 2.24) is 0 Å². The van der Waals surface area contributed by atoms with Gasteiger partial charge in [-0.2, -0.15) is 0 Å². The maximum Gasteiger partial charge on any atom is 0.203 e. The number of benzene rings is 2. The summed E-state index contributed by atoms with van der Waals surface area (Å²) in [4.78, 5) is 0. The third-order valence-electron chi connectivity index (χ3n) is 3.90. The van der Waals surface area contributed by atoms with Crippen molar-refractivity contribution in [2.24, 2.45) is 0 Å². The number of hydrogen-bond donors (Lipinski definition) is 1. The molecule has 0 amide bonds. The summed E-state index contributed by atoms with van der Waals surface area (Å²) in [5.41, 5.74) is 2.24. The molecule has 0 aliphatic rings. The lowest BCUT2D eigenvalue weighted by molar-refractivity contribution is 0.323. The predicted molar refractivity (Wildman–Crippen MR) is 92.8 cm³/mol. The van der Waals surface area contributed by atoms with Crippen LogP contribution in [-0.4, -0.2) is 33.5 Å². The van der Waals surface area contributed by atoms with Crippen LogP contribution in [-0.2, 0) is 12.8 Å². The lowest BCUT2D eigenvalue weighted by atomic mass is 10.0. The van der Waals surface area contributed by atoms with E-state index in [0.29, 0.717) is 23.0 Å². The summed E-state index contributed by atoms with van der Waals surface area (Å²) >= 11 is 0. The molecule has 0 radical (unpaired) electrons. The van der Waals surface area contributed by atoms with E-state index in [2.05, 4.69) is 0 Å². The maximum absolute atomic E-state index is 9.64. The number of hydrogen-bond acceptors (Lipinski definition) is 5. The molecule has 0 aliphatic heterocycles. The van der Waals surface area contributed by atoms with Crippen LogP contribution in [0.4, 0.5) is 0 Å². The minimum absolute atomic E-state index is 0.158. The van der Waals surface area contributed by atoms with Crippen LogP contribution in [0.1, 0.15) is 17.5 Å². The van der Waals surface area contributed by atoms with Crippen LogP contribution in [0.3, 0.4) is 0 Å². The van der Waals surface area contributed by atoms with Gasteiger partial charge >= 0.3 is 0 Å². The van der Waals surface area contributed by atoms with Crippen LogP contribution in [0.2, 0.25) is 0 Å². The SMILES string of the molecule is COc1cc(CCCc2cc(OC)c(OC)c(OC)c2)ccc1O. The Kier molecular flexibility index (Phi) is 6.18. The molecule has 0 unspecified atom stereocenters. The van der Waals surface area contributed by atoms with E-state index in [1.807, 2.05) is 24.3 Å². The molecular weight excluding hydrogens is 308 g/mol. The summed E-state index contributed by atoms with van der Waals surface area (Å²) in [5.74, 6) is 2.59. The fraction of sp³-hybridized carbons (Fsp3) is 0.368. The van der Waals surface area contributed by atoms with Crippen LogP contribution in [0, 0.1) is 0 Å². The first-order valence-electron chi connectivity index (χ1n) is 7.77. The lowest BCUT2D eigenvalue weighted by Gasteiger charge is -2.14. The topological polar surface area (TPSA) is 57.2 Å². The van der Waals surface area contributed by atoms with Crippen molar-refractivity contribution in [2.75, 3.05) is 28.4 Å². The van der Waals surface area contributed by atoms with Gasteiger partial charge in [0.15, 0.2) is 23.0 Å². The first kappa shape index (κ1) is 17.8. The molecule has 2 rings (SSSR count). The molecule has 0 spiro atoms. The summed E-state index contributed by atoms with van der Waals surface area (Å²) in [6.07, 6.45) is 2.71. The van der Waals surface area contributed by atoms with Crippen molar-refractivity contribution in [2.45, 2.75) is 19.3 Å². The smallest absolute Gasteiger partial charge is 0.203 e. The molecule has 130 valence electrons. The van der Waals surface area contributed by atoms with Crippen molar-refractivity contribution < 1.29 is 24.1 Å². The van der Waals surface area contributed by atoms with Crippen molar-refractivity contribution in [3.05, 3.63) is 41.5 Å². The van der Waals surface area contributed by atoms with Gasteiger partial charge in [-0.1, -0.05) is 6.07 Å². The Morgan fingerprint density at radius 3 is 1.79 bits per heavy atom. The number of aromatic hydroxyl groups is 1. The second kappa shape index (κ2) is 8.34. The molecule has 0 saturated carbocycles. The standard InChI is InChI=1S/C19H24O5/c1-21-16-10-13(8-9-15(16)20)6-5-7-14-11-17(22-2)19(24-4)18(12-14)23-3/h8-12,20H,5-7H2,1-4H3. The van der Waals surface area contributed by atoms with Gasteiger partial charge in [0.2, 0.25) is 5.75 Å². The molecule has 0 fully saturated rings. The molecule has 0 saturated heterocycles. The average Bonchev–Trinajstić information content (AvgIpc) is 2.62. The number of rotatable bonds is 8. The van der Waals surface area contributed by atoms with E-state index in [1.54, 1.807) is 34.5 Å². The lowest BCUT2D eigenvalue weighted by Crippen LogP contribution is -1.98. The monoisotopic (exact) mass is 332 g/mol. The fourth-order valence-corrected chi connectivity index (χ4v) is 2.65. The van der Waals surface area contributed by atoms with Gasteiger partial charge in [0.1, 0.15) is 0 Å². The number of ether oxygens (including phenoxy) is 4. The van der Waals surface area contributed by atoms with E-state index in [-0.39, 0.29) is 5.75 Å². The molecule has 5 nitrogen and oxygen atoms in total. The van der Waals surface area contributed by atoms with E-state index in [1.165, 1.54) is 0 Å². The number of phenolic OH excluding ortho intramolecular Hbond substituents is 1.